The van der Waals surface area contributed by atoms with Gasteiger partial charge in [-0.2, -0.15) is 5.01 Å². The van der Waals surface area contributed by atoms with Crippen LogP contribution in [0.1, 0.15) is 27.3 Å². The molecule has 5 nitrogen and oxygen atoms in total. The van der Waals surface area contributed by atoms with Gasteiger partial charge in [0.25, 0.3) is 11.8 Å². The Morgan fingerprint density at radius 1 is 1.03 bits per heavy atom. The van der Waals surface area contributed by atoms with Gasteiger partial charge in [0.2, 0.25) is 0 Å². The van der Waals surface area contributed by atoms with Crippen LogP contribution in [0, 0.1) is 13.8 Å². The Labute approximate surface area is 184 Å². The molecule has 1 aliphatic heterocycles. The van der Waals surface area contributed by atoms with Crippen LogP contribution in [-0.4, -0.2) is 25.7 Å². The molecule has 2 aromatic carbocycles. The van der Waals surface area contributed by atoms with Crippen LogP contribution in [0.5, 0.6) is 0 Å². The van der Waals surface area contributed by atoms with Gasteiger partial charge < -0.3 is 4.57 Å². The molecule has 150 valence electrons. The van der Waals surface area contributed by atoms with Gasteiger partial charge in [0.05, 0.1) is 4.91 Å². The van der Waals surface area contributed by atoms with Gasteiger partial charge >= 0.3 is 0 Å². The van der Waals surface area contributed by atoms with Crippen LogP contribution in [0.2, 0.25) is 0 Å². The molecule has 1 N–H and O–H groups in total. The van der Waals surface area contributed by atoms with E-state index in [9.17, 15) is 9.59 Å². The third-order valence-corrected chi connectivity index (χ3v) is 6.12. The number of hydrogen-bond donors (Lipinski definition) is 1. The maximum Gasteiger partial charge on any atom is 0.285 e. The fourth-order valence-corrected chi connectivity index (χ4v) is 4.54. The van der Waals surface area contributed by atoms with E-state index in [4.69, 9.17) is 12.2 Å². The highest BCUT2D eigenvalue weighted by atomic mass is 32.2. The normalized spacial score (nSPS) is 15.1. The van der Waals surface area contributed by atoms with Crippen LogP contribution >= 0.6 is 24.0 Å². The van der Waals surface area contributed by atoms with Gasteiger partial charge in [-0.1, -0.05) is 48.2 Å². The number of nitrogens with zero attached hydrogens (tertiary/aromatic N) is 2. The summed E-state index contributed by atoms with van der Waals surface area (Å²) in [6.45, 7) is 4.05. The molecule has 2 amide bonds. The number of rotatable bonds is 4. The maximum absolute atomic E-state index is 12.9. The highest BCUT2D eigenvalue weighted by Crippen LogP contribution is 2.33. The number of para-hydroxylation sites is 1. The molecule has 3 aromatic rings. The van der Waals surface area contributed by atoms with E-state index in [0.717, 1.165) is 27.6 Å². The predicted molar refractivity (Wildman–Crippen MR) is 124 cm³/mol. The summed E-state index contributed by atoms with van der Waals surface area (Å²) in [6, 6.07) is 20.8. The van der Waals surface area contributed by atoms with Crippen molar-refractivity contribution in [3.05, 3.63) is 94.1 Å². The molecule has 1 fully saturated rings. The van der Waals surface area contributed by atoms with Crippen molar-refractivity contribution < 1.29 is 9.59 Å². The number of amides is 2. The van der Waals surface area contributed by atoms with Gasteiger partial charge in [0.1, 0.15) is 0 Å². The minimum absolute atomic E-state index is 0.299. The zero-order chi connectivity index (χ0) is 21.3. The van der Waals surface area contributed by atoms with E-state index < -0.39 is 0 Å². The van der Waals surface area contributed by atoms with Crippen molar-refractivity contribution in [2.24, 2.45) is 0 Å². The van der Waals surface area contributed by atoms with E-state index in [-0.39, 0.29) is 11.8 Å². The Morgan fingerprint density at radius 3 is 2.33 bits per heavy atom. The summed E-state index contributed by atoms with van der Waals surface area (Å²) in [4.78, 5) is 25.8. The molecular formula is C23H19N3O2S2. The third kappa shape index (κ3) is 3.81. The lowest BCUT2D eigenvalue weighted by Crippen LogP contribution is -2.44. The van der Waals surface area contributed by atoms with E-state index in [2.05, 4.69) is 9.99 Å². The summed E-state index contributed by atoms with van der Waals surface area (Å²) in [7, 11) is 0. The van der Waals surface area contributed by atoms with Gasteiger partial charge in [0, 0.05) is 22.6 Å². The van der Waals surface area contributed by atoms with E-state index in [0.29, 0.717) is 14.8 Å². The molecule has 1 aromatic heterocycles. The number of hydrazine groups is 1. The Bertz CT molecular complexity index is 1170. The molecule has 0 radical (unpaired) electrons. The summed E-state index contributed by atoms with van der Waals surface area (Å²) in [5.41, 5.74) is 7.16. The van der Waals surface area contributed by atoms with Gasteiger partial charge in [-0.15, -0.1) is 0 Å². The second kappa shape index (κ2) is 8.30. The SMILES string of the molecule is Cc1cc(/C=C2/SC(=S)N(NC(=O)c3ccccc3)C2=O)c(C)n1-c1ccccc1. The number of hydrogen-bond acceptors (Lipinski definition) is 4. The zero-order valence-electron chi connectivity index (χ0n) is 16.5. The van der Waals surface area contributed by atoms with E-state index in [1.54, 1.807) is 24.3 Å². The topological polar surface area (TPSA) is 54.3 Å². The van der Waals surface area contributed by atoms with Crippen molar-refractivity contribution in [2.45, 2.75) is 13.8 Å². The van der Waals surface area contributed by atoms with Crippen LogP contribution in [-0.2, 0) is 4.79 Å². The minimum Gasteiger partial charge on any atom is -0.318 e. The zero-order valence-corrected chi connectivity index (χ0v) is 18.1. The third-order valence-electron chi connectivity index (χ3n) is 4.81. The highest BCUT2D eigenvalue weighted by molar-refractivity contribution is 8.26. The van der Waals surface area contributed by atoms with Gasteiger partial charge in [-0.05, 0) is 68.0 Å². The number of aryl methyl sites for hydroxylation is 1. The average molecular weight is 434 g/mol. The number of carbonyl (C=O) groups is 2. The fourth-order valence-electron chi connectivity index (χ4n) is 3.37. The molecule has 0 spiro atoms. The molecule has 0 atom stereocenters. The van der Waals surface area contributed by atoms with E-state index in [1.165, 1.54) is 11.8 Å². The summed E-state index contributed by atoms with van der Waals surface area (Å²) >= 11 is 6.51. The first-order valence-corrected chi connectivity index (χ1v) is 10.6. The van der Waals surface area contributed by atoms with Crippen LogP contribution in [0.15, 0.2) is 71.6 Å². The number of carbonyl (C=O) groups excluding carboxylic acids is 2. The molecule has 0 bridgehead atoms. The second-order valence-corrected chi connectivity index (χ2v) is 8.50. The molecule has 1 aliphatic rings. The Hall–Kier alpha value is -3.16. The smallest absolute Gasteiger partial charge is 0.285 e. The largest absolute Gasteiger partial charge is 0.318 e. The van der Waals surface area contributed by atoms with Crippen LogP contribution < -0.4 is 5.43 Å². The average Bonchev–Trinajstić information content (AvgIpc) is 3.18. The highest BCUT2D eigenvalue weighted by Gasteiger charge is 2.34. The molecule has 1 saturated heterocycles. The summed E-state index contributed by atoms with van der Waals surface area (Å²) < 4.78 is 2.44. The lowest BCUT2D eigenvalue weighted by molar-refractivity contribution is -0.123. The summed E-state index contributed by atoms with van der Waals surface area (Å²) in [6.07, 6.45) is 1.83. The van der Waals surface area contributed by atoms with Crippen molar-refractivity contribution in [1.82, 2.24) is 15.0 Å². The summed E-state index contributed by atoms with van der Waals surface area (Å²) in [5.74, 6) is -0.714. The van der Waals surface area contributed by atoms with Crippen molar-refractivity contribution in [2.75, 3.05) is 0 Å². The standard InChI is InChI=1S/C23H19N3O2S2/c1-15-13-18(16(2)25(15)19-11-7-4-8-12-19)14-20-22(28)26(23(29)30-20)24-21(27)17-9-5-3-6-10-17/h3-14H,1-2H3,(H,24,27)/b20-14+. The molecular weight excluding hydrogens is 414 g/mol. The number of nitrogens with one attached hydrogen (secondary N) is 1. The molecule has 0 saturated carbocycles. The first kappa shape index (κ1) is 20.1. The van der Waals surface area contributed by atoms with Crippen molar-refractivity contribution in [3.63, 3.8) is 0 Å². The van der Waals surface area contributed by atoms with E-state index >= 15 is 0 Å². The number of thiocarbonyl (C=S) groups is 1. The lowest BCUT2D eigenvalue weighted by atomic mass is 10.2. The Morgan fingerprint density at radius 2 is 1.67 bits per heavy atom. The summed E-state index contributed by atoms with van der Waals surface area (Å²) in [5, 5.41) is 1.14. The van der Waals surface area contributed by atoms with Crippen LogP contribution in [0.25, 0.3) is 11.8 Å². The molecule has 0 unspecified atom stereocenters. The molecule has 0 aliphatic carbocycles. The van der Waals surface area contributed by atoms with Crippen molar-refractivity contribution in [3.8, 4) is 5.69 Å². The fraction of sp³-hybridized carbons (Fsp3) is 0.0870. The number of aromatic nitrogens is 1. The minimum atomic E-state index is -0.379. The molecule has 7 heteroatoms. The molecule has 30 heavy (non-hydrogen) atoms. The maximum atomic E-state index is 12.9. The monoisotopic (exact) mass is 433 g/mol. The number of benzene rings is 2. The molecule has 2 heterocycles. The van der Waals surface area contributed by atoms with E-state index in [1.807, 2.05) is 62.4 Å². The van der Waals surface area contributed by atoms with Crippen molar-refractivity contribution in [1.29, 1.82) is 0 Å². The van der Waals surface area contributed by atoms with Gasteiger partial charge in [-0.25, -0.2) is 0 Å². The first-order valence-electron chi connectivity index (χ1n) is 9.34. The predicted octanol–water partition coefficient (Wildman–Crippen LogP) is 4.64. The van der Waals surface area contributed by atoms with Gasteiger partial charge in [-0.3, -0.25) is 15.0 Å². The molecule has 4 rings (SSSR count). The first-order chi connectivity index (χ1) is 14.5. The lowest BCUT2D eigenvalue weighted by Gasteiger charge is -2.15. The van der Waals surface area contributed by atoms with Crippen molar-refractivity contribution >= 4 is 46.2 Å². The Balaban J connectivity index is 1.59. The van der Waals surface area contributed by atoms with Crippen LogP contribution in [0.4, 0.5) is 0 Å². The quantitative estimate of drug-likeness (QED) is 0.481. The number of thioether (sulfide) groups is 1. The Kier molecular flexibility index (Phi) is 5.57. The second-order valence-electron chi connectivity index (χ2n) is 6.82. The van der Waals surface area contributed by atoms with Crippen LogP contribution in [0.3, 0.4) is 0 Å². The van der Waals surface area contributed by atoms with Gasteiger partial charge in [0.15, 0.2) is 4.32 Å².